The number of amides is 1. The number of hydrogen-bond donors (Lipinski definition) is 3. The van der Waals surface area contributed by atoms with Crippen LogP contribution >= 0.6 is 11.3 Å². The van der Waals surface area contributed by atoms with Crippen LogP contribution in [0.15, 0.2) is 41.1 Å². The summed E-state index contributed by atoms with van der Waals surface area (Å²) in [6.07, 6.45) is 0. The number of benzene rings is 1. The number of ether oxygens (including phenoxy) is 3. The first-order chi connectivity index (χ1) is 11.9. The van der Waals surface area contributed by atoms with Crippen molar-refractivity contribution in [2.45, 2.75) is 12.6 Å². The summed E-state index contributed by atoms with van der Waals surface area (Å²) in [4.78, 5) is 10.6. The molecule has 1 unspecified atom stereocenters. The van der Waals surface area contributed by atoms with Crippen molar-refractivity contribution in [3.05, 3.63) is 41.1 Å². The van der Waals surface area contributed by atoms with E-state index in [0.717, 1.165) is 5.75 Å². The maximum atomic E-state index is 10.6. The Morgan fingerprint density at radius 1 is 1.16 bits per heavy atom. The van der Waals surface area contributed by atoms with E-state index in [-0.39, 0.29) is 13.2 Å². The lowest BCUT2D eigenvalue weighted by molar-refractivity contribution is -0.119. The average molecular weight is 366 g/mol. The standard InChI is InChI=1S/C17H22N2O5S/c1-17(21,12-24-15-6-9-25-11-15)19-7-8-22-13-2-4-14(5-3-13)23-10-16(18)20/h2-6,9,11,19,21H,7-8,10,12H2,1H3,(H2,18,20). The quantitative estimate of drug-likeness (QED) is 0.410. The summed E-state index contributed by atoms with van der Waals surface area (Å²) in [5, 5.41) is 17.0. The molecule has 136 valence electrons. The highest BCUT2D eigenvalue weighted by Gasteiger charge is 2.20. The number of thiophene rings is 1. The zero-order chi connectivity index (χ0) is 18.1. The van der Waals surface area contributed by atoms with Crippen molar-refractivity contribution in [2.24, 2.45) is 5.73 Å². The highest BCUT2D eigenvalue weighted by Crippen LogP contribution is 2.18. The van der Waals surface area contributed by atoms with Crippen molar-refractivity contribution in [1.82, 2.24) is 5.32 Å². The molecule has 8 heteroatoms. The number of primary amides is 1. The van der Waals surface area contributed by atoms with Crippen LogP contribution in [0.1, 0.15) is 6.92 Å². The van der Waals surface area contributed by atoms with E-state index < -0.39 is 11.6 Å². The molecule has 7 nitrogen and oxygen atoms in total. The fourth-order valence-electron chi connectivity index (χ4n) is 1.88. The van der Waals surface area contributed by atoms with Crippen LogP contribution < -0.4 is 25.3 Å². The topological polar surface area (TPSA) is 103 Å². The summed E-state index contributed by atoms with van der Waals surface area (Å²) in [5.74, 6) is 1.41. The van der Waals surface area contributed by atoms with Crippen molar-refractivity contribution in [2.75, 3.05) is 26.4 Å². The molecule has 0 saturated heterocycles. The first-order valence-corrected chi connectivity index (χ1v) is 8.65. The number of carbonyl (C=O) groups excluding carboxylic acids is 1. The van der Waals surface area contributed by atoms with E-state index in [1.165, 1.54) is 11.3 Å². The van der Waals surface area contributed by atoms with Gasteiger partial charge in [0.05, 0.1) is 0 Å². The molecule has 0 aliphatic heterocycles. The zero-order valence-corrected chi connectivity index (χ0v) is 14.8. The molecule has 0 aliphatic carbocycles. The third-order valence-electron chi connectivity index (χ3n) is 3.10. The number of nitrogens with one attached hydrogen (secondary N) is 1. The number of hydrogen-bond acceptors (Lipinski definition) is 7. The van der Waals surface area contributed by atoms with Crippen LogP contribution in [0.2, 0.25) is 0 Å². The molecule has 0 radical (unpaired) electrons. The van der Waals surface area contributed by atoms with E-state index in [9.17, 15) is 9.90 Å². The van der Waals surface area contributed by atoms with Gasteiger partial charge in [0.15, 0.2) is 6.61 Å². The molecule has 1 atom stereocenters. The van der Waals surface area contributed by atoms with Gasteiger partial charge in [-0.25, -0.2) is 0 Å². The molecule has 1 aromatic carbocycles. The smallest absolute Gasteiger partial charge is 0.255 e. The van der Waals surface area contributed by atoms with Crippen molar-refractivity contribution < 1.29 is 24.1 Å². The van der Waals surface area contributed by atoms with Crippen LogP contribution in [-0.2, 0) is 4.79 Å². The number of nitrogens with two attached hydrogens (primary N) is 1. The van der Waals surface area contributed by atoms with Gasteiger partial charge in [-0.3, -0.25) is 10.1 Å². The number of carbonyl (C=O) groups is 1. The van der Waals surface area contributed by atoms with Crippen LogP contribution in [0.3, 0.4) is 0 Å². The van der Waals surface area contributed by atoms with Crippen molar-refractivity contribution in [3.63, 3.8) is 0 Å². The normalized spacial score (nSPS) is 13.0. The molecule has 1 aromatic heterocycles. The van der Waals surface area contributed by atoms with Gasteiger partial charge in [0, 0.05) is 11.9 Å². The minimum absolute atomic E-state index is 0.135. The fraction of sp³-hybridized carbons (Fsp3) is 0.353. The Bertz CT molecular complexity index is 644. The van der Waals surface area contributed by atoms with Gasteiger partial charge in [0.2, 0.25) is 0 Å². The Labute approximate surface area is 150 Å². The summed E-state index contributed by atoms with van der Waals surface area (Å²) in [6.45, 7) is 2.43. The first kappa shape index (κ1) is 19.0. The maximum absolute atomic E-state index is 10.6. The Kier molecular flexibility index (Phi) is 7.05. The van der Waals surface area contributed by atoms with Crippen LogP contribution in [0.4, 0.5) is 0 Å². The maximum Gasteiger partial charge on any atom is 0.255 e. The molecule has 1 amide bonds. The predicted molar refractivity (Wildman–Crippen MR) is 95.1 cm³/mol. The molecular formula is C17H22N2O5S. The Hall–Kier alpha value is -2.29. The van der Waals surface area contributed by atoms with Gasteiger partial charge in [-0.05, 0) is 42.6 Å². The van der Waals surface area contributed by atoms with Crippen LogP contribution in [0.5, 0.6) is 17.2 Å². The molecule has 0 fully saturated rings. The van der Waals surface area contributed by atoms with Gasteiger partial charge in [-0.2, -0.15) is 0 Å². The zero-order valence-electron chi connectivity index (χ0n) is 13.9. The van der Waals surface area contributed by atoms with E-state index in [0.29, 0.717) is 24.7 Å². The molecule has 25 heavy (non-hydrogen) atoms. The van der Waals surface area contributed by atoms with Gasteiger partial charge in [0.1, 0.15) is 36.2 Å². The van der Waals surface area contributed by atoms with Crippen LogP contribution in [-0.4, -0.2) is 43.1 Å². The molecule has 0 bridgehead atoms. The lowest BCUT2D eigenvalue weighted by Crippen LogP contribution is -2.48. The van der Waals surface area contributed by atoms with Crippen LogP contribution in [0.25, 0.3) is 0 Å². The summed E-state index contributed by atoms with van der Waals surface area (Å²) in [6, 6.07) is 8.69. The lowest BCUT2D eigenvalue weighted by atomic mass is 10.3. The second kappa shape index (κ2) is 9.26. The Morgan fingerprint density at radius 3 is 2.44 bits per heavy atom. The summed E-state index contributed by atoms with van der Waals surface area (Å²) in [7, 11) is 0. The van der Waals surface area contributed by atoms with E-state index in [4.69, 9.17) is 19.9 Å². The van der Waals surface area contributed by atoms with Crippen molar-refractivity contribution >= 4 is 17.2 Å². The van der Waals surface area contributed by atoms with Crippen LogP contribution in [0, 0.1) is 0 Å². The van der Waals surface area contributed by atoms with Crippen molar-refractivity contribution in [3.8, 4) is 17.2 Å². The molecule has 0 saturated carbocycles. The molecule has 4 N–H and O–H groups in total. The summed E-state index contributed by atoms with van der Waals surface area (Å²) in [5.41, 5.74) is 3.86. The molecule has 0 spiro atoms. The highest BCUT2D eigenvalue weighted by atomic mass is 32.1. The van der Waals surface area contributed by atoms with Gasteiger partial charge in [-0.15, -0.1) is 11.3 Å². The van der Waals surface area contributed by atoms with Crippen molar-refractivity contribution in [1.29, 1.82) is 0 Å². The molecule has 1 heterocycles. The molecular weight excluding hydrogens is 344 g/mol. The first-order valence-electron chi connectivity index (χ1n) is 7.71. The van der Waals surface area contributed by atoms with E-state index in [1.54, 1.807) is 31.2 Å². The number of aliphatic hydroxyl groups is 1. The minimum atomic E-state index is -1.16. The second-order valence-corrected chi connectivity index (χ2v) is 6.30. The van der Waals surface area contributed by atoms with Gasteiger partial charge in [0.25, 0.3) is 5.91 Å². The van der Waals surface area contributed by atoms with E-state index >= 15 is 0 Å². The third-order valence-corrected chi connectivity index (χ3v) is 3.76. The lowest BCUT2D eigenvalue weighted by Gasteiger charge is -2.24. The largest absolute Gasteiger partial charge is 0.492 e. The highest BCUT2D eigenvalue weighted by molar-refractivity contribution is 7.08. The van der Waals surface area contributed by atoms with Gasteiger partial charge >= 0.3 is 0 Å². The minimum Gasteiger partial charge on any atom is -0.492 e. The summed E-state index contributed by atoms with van der Waals surface area (Å²) >= 11 is 1.54. The summed E-state index contributed by atoms with van der Waals surface area (Å²) < 4.78 is 16.2. The average Bonchev–Trinajstić information content (AvgIpc) is 3.10. The predicted octanol–water partition coefficient (Wildman–Crippen LogP) is 1.37. The number of rotatable bonds is 11. The van der Waals surface area contributed by atoms with Gasteiger partial charge < -0.3 is 25.1 Å². The molecule has 2 rings (SSSR count). The third kappa shape index (κ3) is 7.42. The van der Waals surface area contributed by atoms with E-state index in [1.807, 2.05) is 16.8 Å². The molecule has 0 aliphatic rings. The van der Waals surface area contributed by atoms with Gasteiger partial charge in [-0.1, -0.05) is 0 Å². The molecule has 2 aromatic rings. The monoisotopic (exact) mass is 366 g/mol. The fourth-order valence-corrected chi connectivity index (χ4v) is 2.46. The Morgan fingerprint density at radius 2 is 1.84 bits per heavy atom. The SMILES string of the molecule is CC(O)(COc1ccsc1)NCCOc1ccc(OCC(N)=O)cc1. The second-order valence-electron chi connectivity index (χ2n) is 5.52. The Balaban J connectivity index is 1.65. The van der Waals surface area contributed by atoms with E-state index in [2.05, 4.69) is 5.32 Å².